The van der Waals surface area contributed by atoms with Crippen LogP contribution in [0.3, 0.4) is 0 Å². The first-order valence-corrected chi connectivity index (χ1v) is 12.4. The van der Waals surface area contributed by atoms with E-state index in [1.54, 1.807) is 0 Å². The van der Waals surface area contributed by atoms with Gasteiger partial charge in [0.15, 0.2) is 0 Å². The zero-order valence-corrected chi connectivity index (χ0v) is 18.9. The maximum absolute atomic E-state index is 14.0. The third-order valence-corrected chi connectivity index (χ3v) is 8.19. The lowest BCUT2D eigenvalue weighted by Gasteiger charge is -2.33. The van der Waals surface area contributed by atoms with E-state index in [0.717, 1.165) is 24.5 Å². The van der Waals surface area contributed by atoms with Gasteiger partial charge in [0.2, 0.25) is 15.9 Å². The van der Waals surface area contributed by atoms with Gasteiger partial charge in [0.05, 0.1) is 6.04 Å². The normalized spacial score (nSPS) is 16.9. The standard InChI is InChI=1S/C24H31FN2O3S/c1-3-18(4-2)23(19-10-6-5-7-11-19)26-24(28)20-14-16-27(17-15-20)31(29,30)22-13-9-8-12-21(22)25/h5-13,18,20,23H,3-4,14-17H2,1-2H3,(H,26,28). The van der Waals surface area contributed by atoms with Crippen molar-refractivity contribution < 1.29 is 17.6 Å². The Balaban J connectivity index is 1.67. The van der Waals surface area contributed by atoms with Crippen LogP contribution in [0, 0.1) is 17.7 Å². The number of hydrogen-bond donors (Lipinski definition) is 1. The smallest absolute Gasteiger partial charge is 0.245 e. The molecule has 1 saturated heterocycles. The largest absolute Gasteiger partial charge is 0.349 e. The van der Waals surface area contributed by atoms with Gasteiger partial charge in [0.25, 0.3) is 0 Å². The lowest BCUT2D eigenvalue weighted by molar-refractivity contribution is -0.127. The summed E-state index contributed by atoms with van der Waals surface area (Å²) in [4.78, 5) is 12.8. The number of nitrogens with one attached hydrogen (secondary N) is 1. The molecule has 0 saturated carbocycles. The Morgan fingerprint density at radius 2 is 1.61 bits per heavy atom. The van der Waals surface area contributed by atoms with Crippen molar-refractivity contribution in [2.75, 3.05) is 13.1 Å². The second-order valence-corrected chi connectivity index (χ2v) is 9.99. The summed E-state index contributed by atoms with van der Waals surface area (Å²) < 4.78 is 40.9. The number of amides is 1. The number of nitrogens with zero attached hydrogens (tertiary/aromatic N) is 1. The molecule has 0 aromatic heterocycles. The first-order valence-electron chi connectivity index (χ1n) is 11.0. The van der Waals surface area contributed by atoms with E-state index >= 15 is 0 Å². The molecule has 1 aliphatic rings. The number of benzene rings is 2. The van der Waals surface area contributed by atoms with E-state index in [1.165, 1.54) is 22.5 Å². The van der Waals surface area contributed by atoms with Gasteiger partial charge < -0.3 is 5.32 Å². The molecule has 1 unspecified atom stereocenters. The van der Waals surface area contributed by atoms with Crippen LogP contribution in [0.15, 0.2) is 59.5 Å². The first kappa shape index (κ1) is 23.4. The molecular weight excluding hydrogens is 415 g/mol. The number of carbonyl (C=O) groups is 1. The predicted octanol–water partition coefficient (Wildman–Crippen LogP) is 4.52. The van der Waals surface area contributed by atoms with E-state index in [9.17, 15) is 17.6 Å². The summed E-state index contributed by atoms with van der Waals surface area (Å²) in [6.45, 7) is 4.66. The Hall–Kier alpha value is -2.25. The monoisotopic (exact) mass is 446 g/mol. The summed E-state index contributed by atoms with van der Waals surface area (Å²) in [5, 5.41) is 3.23. The first-order chi connectivity index (χ1) is 14.9. The van der Waals surface area contributed by atoms with Crippen LogP contribution in [0.2, 0.25) is 0 Å². The molecule has 0 bridgehead atoms. The van der Waals surface area contributed by atoms with E-state index < -0.39 is 15.8 Å². The molecular formula is C24H31FN2O3S. The SMILES string of the molecule is CCC(CC)C(NC(=O)C1CCN(S(=O)(=O)c2ccccc2F)CC1)c1ccccc1. The van der Waals surface area contributed by atoms with Crippen LogP contribution in [0.25, 0.3) is 0 Å². The van der Waals surface area contributed by atoms with Gasteiger partial charge in [-0.3, -0.25) is 4.79 Å². The number of piperidine rings is 1. The van der Waals surface area contributed by atoms with Crippen molar-refractivity contribution in [3.8, 4) is 0 Å². The topological polar surface area (TPSA) is 66.5 Å². The van der Waals surface area contributed by atoms with Gasteiger partial charge in [0.1, 0.15) is 10.7 Å². The third-order valence-electron chi connectivity index (χ3n) is 6.26. The predicted molar refractivity (Wildman–Crippen MR) is 119 cm³/mol. The van der Waals surface area contributed by atoms with Crippen molar-refractivity contribution in [2.24, 2.45) is 11.8 Å². The molecule has 7 heteroatoms. The average molecular weight is 447 g/mol. The number of sulfonamides is 1. The summed E-state index contributed by atoms with van der Waals surface area (Å²) in [6, 6.07) is 15.3. The number of hydrogen-bond acceptors (Lipinski definition) is 3. The highest BCUT2D eigenvalue weighted by molar-refractivity contribution is 7.89. The second kappa shape index (κ2) is 10.4. The van der Waals surface area contributed by atoms with Crippen LogP contribution in [0.5, 0.6) is 0 Å². The molecule has 0 aliphatic carbocycles. The van der Waals surface area contributed by atoms with Gasteiger partial charge in [-0.1, -0.05) is 69.2 Å². The molecule has 1 aliphatic heterocycles. The van der Waals surface area contributed by atoms with E-state index in [0.29, 0.717) is 18.8 Å². The van der Waals surface area contributed by atoms with E-state index in [1.807, 2.05) is 30.3 Å². The number of rotatable bonds is 8. The molecule has 168 valence electrons. The van der Waals surface area contributed by atoms with Crippen molar-refractivity contribution in [1.29, 1.82) is 0 Å². The summed E-state index contributed by atoms with van der Waals surface area (Å²) in [7, 11) is -3.90. The lowest BCUT2D eigenvalue weighted by Crippen LogP contribution is -2.44. The van der Waals surface area contributed by atoms with Crippen LogP contribution >= 0.6 is 0 Å². The maximum atomic E-state index is 14.0. The highest BCUT2D eigenvalue weighted by Crippen LogP contribution is 2.30. The highest BCUT2D eigenvalue weighted by Gasteiger charge is 2.34. The van der Waals surface area contributed by atoms with Crippen molar-refractivity contribution in [3.05, 3.63) is 66.0 Å². The number of carbonyl (C=O) groups excluding carboxylic acids is 1. The molecule has 5 nitrogen and oxygen atoms in total. The minimum atomic E-state index is -3.90. The van der Waals surface area contributed by atoms with Crippen LogP contribution in [-0.4, -0.2) is 31.7 Å². The van der Waals surface area contributed by atoms with E-state index in [2.05, 4.69) is 19.2 Å². The second-order valence-electron chi connectivity index (χ2n) is 8.08. The molecule has 0 radical (unpaired) electrons. The van der Waals surface area contributed by atoms with Crippen LogP contribution in [-0.2, 0) is 14.8 Å². The fourth-order valence-electron chi connectivity index (χ4n) is 4.32. The van der Waals surface area contributed by atoms with Gasteiger partial charge in [-0.25, -0.2) is 12.8 Å². The lowest BCUT2D eigenvalue weighted by atomic mass is 9.87. The molecule has 31 heavy (non-hydrogen) atoms. The molecule has 2 aromatic carbocycles. The van der Waals surface area contributed by atoms with Crippen molar-refractivity contribution in [1.82, 2.24) is 9.62 Å². The zero-order chi connectivity index (χ0) is 22.4. The Morgan fingerprint density at radius 1 is 1.03 bits per heavy atom. The molecule has 0 spiro atoms. The van der Waals surface area contributed by atoms with E-state index in [-0.39, 0.29) is 35.9 Å². The Bertz CT molecular complexity index is 969. The molecule has 1 amide bonds. The van der Waals surface area contributed by atoms with Gasteiger partial charge in [0, 0.05) is 19.0 Å². The average Bonchev–Trinajstić information content (AvgIpc) is 2.80. The van der Waals surface area contributed by atoms with Crippen LogP contribution < -0.4 is 5.32 Å². The van der Waals surface area contributed by atoms with Crippen LogP contribution in [0.1, 0.15) is 51.1 Å². The summed E-state index contributed by atoms with van der Waals surface area (Å²) in [5.41, 5.74) is 1.09. The quantitative estimate of drug-likeness (QED) is 0.648. The van der Waals surface area contributed by atoms with Crippen LogP contribution in [0.4, 0.5) is 4.39 Å². The summed E-state index contributed by atoms with van der Waals surface area (Å²) in [5.74, 6) is -0.720. The third kappa shape index (κ3) is 5.33. The van der Waals surface area contributed by atoms with Gasteiger partial charge >= 0.3 is 0 Å². The van der Waals surface area contributed by atoms with Gasteiger partial charge in [-0.2, -0.15) is 4.31 Å². The highest BCUT2D eigenvalue weighted by atomic mass is 32.2. The Morgan fingerprint density at radius 3 is 2.19 bits per heavy atom. The molecule has 1 heterocycles. The summed E-state index contributed by atoms with van der Waals surface area (Å²) in [6.07, 6.45) is 2.75. The maximum Gasteiger partial charge on any atom is 0.245 e. The molecule has 2 aromatic rings. The summed E-state index contributed by atoms with van der Waals surface area (Å²) >= 11 is 0. The fourth-order valence-corrected chi connectivity index (χ4v) is 5.85. The number of halogens is 1. The molecule has 3 rings (SSSR count). The van der Waals surface area contributed by atoms with Crippen molar-refractivity contribution in [2.45, 2.75) is 50.5 Å². The molecule has 1 N–H and O–H groups in total. The fraction of sp³-hybridized carbons (Fsp3) is 0.458. The van der Waals surface area contributed by atoms with Crippen molar-refractivity contribution in [3.63, 3.8) is 0 Å². The van der Waals surface area contributed by atoms with Gasteiger partial charge in [-0.05, 0) is 36.5 Å². The van der Waals surface area contributed by atoms with Gasteiger partial charge in [-0.15, -0.1) is 0 Å². The zero-order valence-electron chi connectivity index (χ0n) is 18.1. The van der Waals surface area contributed by atoms with Crippen molar-refractivity contribution >= 4 is 15.9 Å². The Labute approximate surface area is 184 Å². The minimum Gasteiger partial charge on any atom is -0.349 e. The molecule has 1 fully saturated rings. The molecule has 1 atom stereocenters. The van der Waals surface area contributed by atoms with E-state index in [4.69, 9.17) is 0 Å². The Kier molecular flexibility index (Phi) is 7.84. The minimum absolute atomic E-state index is 0.0382.